The van der Waals surface area contributed by atoms with Gasteiger partial charge in [-0.25, -0.2) is 0 Å². The van der Waals surface area contributed by atoms with Crippen LogP contribution in [-0.4, -0.2) is 24.0 Å². The molecule has 1 unspecified atom stereocenters. The second-order valence-corrected chi connectivity index (χ2v) is 5.88. The number of carbonyl (C=O) groups is 2. The van der Waals surface area contributed by atoms with E-state index in [2.05, 4.69) is 5.10 Å². The maximum absolute atomic E-state index is 12.1. The summed E-state index contributed by atoms with van der Waals surface area (Å²) in [7, 11) is 0. The Morgan fingerprint density at radius 1 is 1.18 bits per heavy atom. The molecule has 1 atom stereocenters. The maximum atomic E-state index is 12.1. The van der Waals surface area contributed by atoms with E-state index >= 15 is 0 Å². The van der Waals surface area contributed by atoms with E-state index in [-0.39, 0.29) is 5.91 Å². The molecule has 1 aromatic carbocycles. The van der Waals surface area contributed by atoms with Crippen molar-refractivity contribution in [1.29, 1.82) is 0 Å². The molecule has 1 saturated carbocycles. The van der Waals surface area contributed by atoms with Crippen molar-refractivity contribution in [3.63, 3.8) is 0 Å². The van der Waals surface area contributed by atoms with Gasteiger partial charge in [-0.15, -0.1) is 0 Å². The largest absolute Gasteiger partial charge is 0.490 e. The van der Waals surface area contributed by atoms with Crippen LogP contribution in [0.4, 0.5) is 5.69 Å². The van der Waals surface area contributed by atoms with Gasteiger partial charge in [0.05, 0.1) is 17.5 Å². The minimum atomic E-state index is -0.752. The summed E-state index contributed by atoms with van der Waals surface area (Å²) in [4.78, 5) is 23.0. The first-order valence-electron chi connectivity index (χ1n) is 7.80. The molecule has 1 aliphatic heterocycles. The average Bonchev–Trinajstić information content (AvgIpc) is 2.83. The van der Waals surface area contributed by atoms with Crippen molar-refractivity contribution in [1.82, 2.24) is 0 Å². The van der Waals surface area contributed by atoms with Crippen LogP contribution in [0.5, 0.6) is 5.75 Å². The molecule has 1 heterocycles. The number of hydrogen-bond donors (Lipinski definition) is 0. The number of anilines is 1. The minimum Gasteiger partial charge on any atom is -0.490 e. The van der Waals surface area contributed by atoms with Crippen LogP contribution in [0.2, 0.25) is 0 Å². The number of nitrogens with zero attached hydrogens (tertiary/aromatic N) is 2. The molecule has 0 radical (unpaired) electrons. The highest BCUT2D eigenvalue weighted by molar-refractivity contribution is 6.22. The van der Waals surface area contributed by atoms with E-state index in [1.807, 2.05) is 12.1 Å². The summed E-state index contributed by atoms with van der Waals surface area (Å²) in [5, 5.41) is 5.46. The second-order valence-electron chi connectivity index (χ2n) is 5.88. The molecule has 0 saturated heterocycles. The number of ether oxygens (including phenoxy) is 1. The van der Waals surface area contributed by atoms with Gasteiger partial charge in [0.25, 0.3) is 5.91 Å². The number of hydrazone groups is 1. The first-order valence-corrected chi connectivity index (χ1v) is 7.80. The summed E-state index contributed by atoms with van der Waals surface area (Å²) in [5.41, 5.74) is 1.19. The fourth-order valence-corrected chi connectivity index (χ4v) is 2.96. The highest BCUT2D eigenvalue weighted by Crippen LogP contribution is 2.27. The summed E-state index contributed by atoms with van der Waals surface area (Å²) < 4.78 is 5.97. The highest BCUT2D eigenvalue weighted by Gasteiger charge is 2.34. The van der Waals surface area contributed by atoms with Gasteiger partial charge in [-0.1, -0.05) is 6.42 Å². The van der Waals surface area contributed by atoms with Crippen LogP contribution in [-0.2, 0) is 9.59 Å². The van der Waals surface area contributed by atoms with Gasteiger partial charge < -0.3 is 9.53 Å². The van der Waals surface area contributed by atoms with Gasteiger partial charge in [0.2, 0.25) is 0 Å². The molecule has 2 aliphatic rings. The Hall–Kier alpha value is -2.17. The molecule has 0 aromatic heterocycles. The summed E-state index contributed by atoms with van der Waals surface area (Å²) in [6, 6.07) is 7.33. The Kier molecular flexibility index (Phi) is 4.22. The topological polar surface area (TPSA) is 59.0 Å². The van der Waals surface area contributed by atoms with Crippen molar-refractivity contribution >= 4 is 23.6 Å². The summed E-state index contributed by atoms with van der Waals surface area (Å²) in [5.74, 6) is -0.235. The Morgan fingerprint density at radius 2 is 1.86 bits per heavy atom. The Bertz CT molecular complexity index is 588. The molecule has 5 nitrogen and oxygen atoms in total. The normalized spacial score (nSPS) is 22.6. The molecule has 1 aliphatic carbocycles. The number of rotatable bonds is 4. The van der Waals surface area contributed by atoms with Crippen molar-refractivity contribution in [3.8, 4) is 5.75 Å². The van der Waals surface area contributed by atoms with E-state index in [1.165, 1.54) is 24.3 Å². The lowest BCUT2D eigenvalue weighted by Gasteiger charge is -2.23. The third kappa shape index (κ3) is 2.89. The molecule has 1 fully saturated rings. The zero-order valence-electron chi connectivity index (χ0n) is 12.7. The van der Waals surface area contributed by atoms with Gasteiger partial charge in [-0.05, 0) is 56.9 Å². The molecule has 116 valence electrons. The predicted octanol–water partition coefficient (Wildman–Crippen LogP) is 2.94. The molecule has 0 bridgehead atoms. The summed E-state index contributed by atoms with van der Waals surface area (Å²) in [6.07, 6.45) is 6.91. The molecule has 0 spiro atoms. The average molecular weight is 300 g/mol. The van der Waals surface area contributed by atoms with Gasteiger partial charge in [-0.2, -0.15) is 10.1 Å². The molecule has 1 amide bonds. The van der Waals surface area contributed by atoms with Gasteiger partial charge in [0, 0.05) is 0 Å². The molecule has 3 rings (SSSR count). The van der Waals surface area contributed by atoms with Crippen molar-refractivity contribution in [2.75, 3.05) is 5.01 Å². The Labute approximate surface area is 129 Å². The van der Waals surface area contributed by atoms with Crippen LogP contribution in [0.15, 0.2) is 29.4 Å². The number of aldehydes is 1. The van der Waals surface area contributed by atoms with Crippen LogP contribution in [0, 0.1) is 5.92 Å². The van der Waals surface area contributed by atoms with E-state index in [0.29, 0.717) is 23.8 Å². The maximum Gasteiger partial charge on any atom is 0.263 e. The van der Waals surface area contributed by atoms with Crippen molar-refractivity contribution in [2.24, 2.45) is 11.0 Å². The smallest absolute Gasteiger partial charge is 0.263 e. The van der Waals surface area contributed by atoms with Gasteiger partial charge in [0.1, 0.15) is 18.0 Å². The van der Waals surface area contributed by atoms with E-state index < -0.39 is 5.92 Å². The number of benzene rings is 1. The number of carbonyl (C=O) groups excluding carboxylic acids is 2. The van der Waals surface area contributed by atoms with Gasteiger partial charge >= 0.3 is 0 Å². The summed E-state index contributed by atoms with van der Waals surface area (Å²) in [6.45, 7) is 1.69. The lowest BCUT2D eigenvalue weighted by Crippen LogP contribution is -2.27. The van der Waals surface area contributed by atoms with Gasteiger partial charge in [0.15, 0.2) is 0 Å². The summed E-state index contributed by atoms with van der Waals surface area (Å²) >= 11 is 0. The van der Waals surface area contributed by atoms with E-state index in [0.717, 1.165) is 18.6 Å². The second kappa shape index (κ2) is 6.30. The molecular formula is C17H20N2O3. The van der Waals surface area contributed by atoms with E-state index in [4.69, 9.17) is 4.74 Å². The van der Waals surface area contributed by atoms with Crippen LogP contribution in [0.1, 0.15) is 39.0 Å². The van der Waals surface area contributed by atoms with E-state index in [1.54, 1.807) is 19.1 Å². The molecule has 0 N–H and O–H groups in total. The predicted molar refractivity (Wildman–Crippen MR) is 84.1 cm³/mol. The SMILES string of the molecule is CC1=NN(c2ccc(OC3CCCCC3)cc2)C(=O)C1C=O. The first-order chi connectivity index (χ1) is 10.7. The lowest BCUT2D eigenvalue weighted by atomic mass is 9.98. The highest BCUT2D eigenvalue weighted by atomic mass is 16.5. The van der Waals surface area contributed by atoms with Crippen molar-refractivity contribution in [3.05, 3.63) is 24.3 Å². The fourth-order valence-electron chi connectivity index (χ4n) is 2.96. The van der Waals surface area contributed by atoms with Crippen LogP contribution in [0.25, 0.3) is 0 Å². The van der Waals surface area contributed by atoms with Crippen LogP contribution in [0.3, 0.4) is 0 Å². The quantitative estimate of drug-likeness (QED) is 0.634. The molecule has 5 heteroatoms. The van der Waals surface area contributed by atoms with E-state index in [9.17, 15) is 9.59 Å². The fraction of sp³-hybridized carbons (Fsp3) is 0.471. The molecule has 1 aromatic rings. The van der Waals surface area contributed by atoms with Crippen LogP contribution >= 0.6 is 0 Å². The molecular weight excluding hydrogens is 280 g/mol. The zero-order chi connectivity index (χ0) is 15.5. The lowest BCUT2D eigenvalue weighted by molar-refractivity contribution is -0.123. The van der Waals surface area contributed by atoms with Crippen molar-refractivity contribution < 1.29 is 14.3 Å². The zero-order valence-corrected chi connectivity index (χ0v) is 12.7. The number of hydrogen-bond acceptors (Lipinski definition) is 4. The van der Waals surface area contributed by atoms with Gasteiger partial charge in [-0.3, -0.25) is 4.79 Å². The van der Waals surface area contributed by atoms with Crippen LogP contribution < -0.4 is 9.75 Å². The standard InChI is InChI=1S/C17H20N2O3/c1-12-16(11-20)17(21)19(18-12)13-7-9-15(10-8-13)22-14-5-3-2-4-6-14/h7-11,14,16H,2-6H2,1H3. The first kappa shape index (κ1) is 14.8. The minimum absolute atomic E-state index is 0.298. The van der Waals surface area contributed by atoms with Crippen molar-refractivity contribution in [2.45, 2.75) is 45.1 Å². The Balaban J connectivity index is 1.69. The number of amides is 1. The Morgan fingerprint density at radius 3 is 2.45 bits per heavy atom. The third-order valence-electron chi connectivity index (χ3n) is 4.25. The third-order valence-corrected chi connectivity index (χ3v) is 4.25. The molecule has 22 heavy (non-hydrogen) atoms. The monoisotopic (exact) mass is 300 g/mol.